The van der Waals surface area contributed by atoms with Crippen molar-refractivity contribution < 1.29 is 9.59 Å². The summed E-state index contributed by atoms with van der Waals surface area (Å²) in [5.74, 6) is -0.260. The van der Waals surface area contributed by atoms with Gasteiger partial charge in [-0.05, 0) is 5.56 Å². The molecule has 0 aliphatic carbocycles. The Kier molecular flexibility index (Phi) is 2.81. The molecule has 1 aromatic rings. The lowest BCUT2D eigenvalue weighted by atomic mass is 9.80. The van der Waals surface area contributed by atoms with Crippen molar-refractivity contribution in [2.24, 2.45) is 5.92 Å². The summed E-state index contributed by atoms with van der Waals surface area (Å²) in [5.41, 5.74) is 1.07. The maximum atomic E-state index is 11.8. The molecule has 1 aromatic carbocycles. The molecule has 4 heteroatoms. The van der Waals surface area contributed by atoms with Gasteiger partial charge in [0.25, 0.3) is 0 Å². The van der Waals surface area contributed by atoms with Crippen molar-refractivity contribution in [2.45, 2.75) is 19.3 Å². The van der Waals surface area contributed by atoms with Crippen molar-refractivity contribution in [2.75, 3.05) is 0 Å². The van der Waals surface area contributed by atoms with Crippen molar-refractivity contribution in [3.8, 4) is 0 Å². The lowest BCUT2D eigenvalue weighted by Crippen LogP contribution is -2.45. The third-order valence-corrected chi connectivity index (χ3v) is 3.32. The average molecular weight is 215 g/mol. The predicted octanol–water partition coefficient (Wildman–Crippen LogP) is 0.713. The highest BCUT2D eigenvalue weighted by Crippen LogP contribution is 2.33. The van der Waals surface area contributed by atoms with Gasteiger partial charge in [0, 0.05) is 18.3 Å². The van der Waals surface area contributed by atoms with Gasteiger partial charge in [-0.25, -0.2) is 0 Å². The van der Waals surface area contributed by atoms with Crippen molar-refractivity contribution in [3.05, 3.63) is 35.9 Å². The molecule has 2 rings (SSSR count). The van der Waals surface area contributed by atoms with Gasteiger partial charge in [0.2, 0.25) is 19.8 Å². The Balaban J connectivity index is 2.30. The molecular weight excluding hydrogens is 201 g/mol. The van der Waals surface area contributed by atoms with E-state index in [0.29, 0.717) is 6.42 Å². The van der Waals surface area contributed by atoms with Gasteiger partial charge >= 0.3 is 0 Å². The number of amides is 2. The predicted molar refractivity (Wildman–Crippen MR) is 63.4 cm³/mol. The topological polar surface area (TPSA) is 37.4 Å². The Labute approximate surface area is 95.9 Å². The average Bonchev–Trinajstić information content (AvgIpc) is 2.32. The largest absolute Gasteiger partial charge is 0.336 e. The van der Waals surface area contributed by atoms with Crippen LogP contribution in [0.3, 0.4) is 0 Å². The minimum atomic E-state index is -0.120. The van der Waals surface area contributed by atoms with E-state index < -0.39 is 0 Å². The lowest BCUT2D eigenvalue weighted by molar-refractivity contribution is -0.145. The summed E-state index contributed by atoms with van der Waals surface area (Å²) in [6.07, 6.45) is 0.424. The molecule has 2 unspecified atom stereocenters. The third-order valence-electron chi connectivity index (χ3n) is 3.32. The molecule has 3 nitrogen and oxygen atoms in total. The van der Waals surface area contributed by atoms with Gasteiger partial charge in [-0.3, -0.25) is 9.59 Å². The second kappa shape index (κ2) is 4.12. The number of imide groups is 1. The van der Waals surface area contributed by atoms with Crippen LogP contribution in [0.2, 0.25) is 0 Å². The molecule has 2 atom stereocenters. The van der Waals surface area contributed by atoms with E-state index in [-0.39, 0.29) is 23.7 Å². The Morgan fingerprint density at radius 3 is 2.50 bits per heavy atom. The quantitative estimate of drug-likeness (QED) is 0.511. The fourth-order valence-corrected chi connectivity index (χ4v) is 2.21. The SMILES string of the molecule is BN1C(=O)CC(c2ccccc2)C(C)C1=O. The molecule has 0 spiro atoms. The maximum absolute atomic E-state index is 11.8. The van der Waals surface area contributed by atoms with Gasteiger partial charge < -0.3 is 4.81 Å². The molecule has 0 aromatic heterocycles. The van der Waals surface area contributed by atoms with Gasteiger partial charge in [0.15, 0.2) is 0 Å². The summed E-state index contributed by atoms with van der Waals surface area (Å²) in [4.78, 5) is 24.7. The number of benzene rings is 1. The number of hydrogen-bond acceptors (Lipinski definition) is 2. The van der Waals surface area contributed by atoms with E-state index in [1.54, 1.807) is 7.98 Å². The molecule has 1 aliphatic heterocycles. The summed E-state index contributed by atoms with van der Waals surface area (Å²) in [6, 6.07) is 9.78. The minimum Gasteiger partial charge on any atom is -0.336 e. The van der Waals surface area contributed by atoms with Crippen LogP contribution >= 0.6 is 0 Å². The highest BCUT2D eigenvalue weighted by atomic mass is 16.2. The number of piperidine rings is 1. The fraction of sp³-hybridized carbons (Fsp3) is 0.333. The highest BCUT2D eigenvalue weighted by molar-refractivity contribution is 6.25. The number of carbonyl (C=O) groups is 2. The summed E-state index contributed by atoms with van der Waals surface area (Å²) in [5, 5.41) is 0. The summed E-state index contributed by atoms with van der Waals surface area (Å²) < 4.78 is 0. The van der Waals surface area contributed by atoms with E-state index in [2.05, 4.69) is 0 Å². The van der Waals surface area contributed by atoms with Crippen LogP contribution in [0.1, 0.15) is 24.8 Å². The van der Waals surface area contributed by atoms with Crippen LogP contribution < -0.4 is 0 Å². The molecule has 0 saturated carbocycles. The molecule has 2 amide bonds. The first-order valence-electron chi connectivity index (χ1n) is 5.46. The zero-order valence-electron chi connectivity index (χ0n) is 9.51. The number of nitrogens with zero attached hydrogens (tertiary/aromatic N) is 1. The summed E-state index contributed by atoms with van der Waals surface area (Å²) in [6.45, 7) is 1.89. The summed E-state index contributed by atoms with van der Waals surface area (Å²) in [7, 11) is 1.56. The van der Waals surface area contributed by atoms with E-state index >= 15 is 0 Å². The maximum Gasteiger partial charge on any atom is 0.231 e. The van der Waals surface area contributed by atoms with Crippen LogP contribution in [0.25, 0.3) is 0 Å². The second-order valence-electron chi connectivity index (χ2n) is 4.30. The Hall–Kier alpha value is -1.58. The lowest BCUT2D eigenvalue weighted by Gasteiger charge is -2.33. The monoisotopic (exact) mass is 215 g/mol. The van der Waals surface area contributed by atoms with Crippen LogP contribution in [0.5, 0.6) is 0 Å². The first kappa shape index (κ1) is 10.9. The van der Waals surface area contributed by atoms with Gasteiger partial charge in [-0.1, -0.05) is 37.3 Å². The van der Waals surface area contributed by atoms with Crippen molar-refractivity contribution in [1.82, 2.24) is 4.81 Å². The van der Waals surface area contributed by atoms with Crippen LogP contribution in [-0.4, -0.2) is 24.6 Å². The van der Waals surface area contributed by atoms with Gasteiger partial charge in [-0.2, -0.15) is 0 Å². The Morgan fingerprint density at radius 2 is 1.88 bits per heavy atom. The first-order chi connectivity index (χ1) is 7.61. The fourth-order valence-electron chi connectivity index (χ4n) is 2.21. The van der Waals surface area contributed by atoms with E-state index in [4.69, 9.17) is 0 Å². The smallest absolute Gasteiger partial charge is 0.231 e. The molecule has 82 valence electrons. The van der Waals surface area contributed by atoms with Crippen molar-refractivity contribution >= 4 is 19.8 Å². The second-order valence-corrected chi connectivity index (χ2v) is 4.30. The molecule has 0 radical (unpaired) electrons. The van der Waals surface area contributed by atoms with Crippen LogP contribution in [0, 0.1) is 5.92 Å². The molecule has 1 heterocycles. The standard InChI is InChI=1S/C12H14BNO2/c1-8-10(9-5-3-2-4-6-9)7-11(15)14(13)12(8)16/h2-6,8,10H,7,13H2,1H3. The molecule has 1 aliphatic rings. The summed E-state index contributed by atoms with van der Waals surface area (Å²) >= 11 is 0. The first-order valence-corrected chi connectivity index (χ1v) is 5.46. The molecule has 0 bridgehead atoms. The van der Waals surface area contributed by atoms with E-state index in [0.717, 1.165) is 5.56 Å². The van der Waals surface area contributed by atoms with Crippen molar-refractivity contribution in [3.63, 3.8) is 0 Å². The zero-order chi connectivity index (χ0) is 11.7. The molecule has 16 heavy (non-hydrogen) atoms. The Morgan fingerprint density at radius 1 is 1.25 bits per heavy atom. The van der Waals surface area contributed by atoms with E-state index in [1.807, 2.05) is 37.3 Å². The Bertz CT molecular complexity index is 418. The highest BCUT2D eigenvalue weighted by Gasteiger charge is 2.36. The van der Waals surface area contributed by atoms with E-state index in [1.165, 1.54) is 4.81 Å². The molecule has 1 fully saturated rings. The number of rotatable bonds is 1. The third kappa shape index (κ3) is 1.75. The molecular formula is C12H14BNO2. The zero-order valence-corrected chi connectivity index (χ0v) is 9.51. The number of hydrogen-bond donors (Lipinski definition) is 0. The number of carbonyl (C=O) groups excluding carboxylic acids is 2. The van der Waals surface area contributed by atoms with E-state index in [9.17, 15) is 9.59 Å². The van der Waals surface area contributed by atoms with Gasteiger partial charge in [0.05, 0.1) is 0 Å². The van der Waals surface area contributed by atoms with Crippen molar-refractivity contribution in [1.29, 1.82) is 0 Å². The van der Waals surface area contributed by atoms with Crippen LogP contribution in [0.4, 0.5) is 0 Å². The molecule has 0 N–H and O–H groups in total. The minimum absolute atomic E-state index is 0.0254. The van der Waals surface area contributed by atoms with Crippen LogP contribution in [-0.2, 0) is 9.59 Å². The van der Waals surface area contributed by atoms with Crippen LogP contribution in [0.15, 0.2) is 30.3 Å². The van der Waals surface area contributed by atoms with Gasteiger partial charge in [-0.15, -0.1) is 0 Å². The van der Waals surface area contributed by atoms with Gasteiger partial charge in [0.1, 0.15) is 0 Å². The normalized spacial score (nSPS) is 25.9. The molecule has 1 saturated heterocycles.